The maximum absolute atomic E-state index is 5.88. The van der Waals surface area contributed by atoms with E-state index in [1.54, 1.807) is 0 Å². The van der Waals surface area contributed by atoms with E-state index in [1.165, 1.54) is 51.4 Å². The molecule has 0 saturated carbocycles. The van der Waals surface area contributed by atoms with Gasteiger partial charge in [-0.25, -0.2) is 0 Å². The zero-order chi connectivity index (χ0) is 11.6. The molecule has 0 rings (SSSR count). The quantitative estimate of drug-likeness (QED) is 0.407. The fourth-order valence-corrected chi connectivity index (χ4v) is 3.77. The van der Waals surface area contributed by atoms with Crippen molar-refractivity contribution in [2.24, 2.45) is 0 Å². The Labute approximate surface area is 101 Å². The number of unbranched alkanes of at least 4 members (excludes halogenated alkanes) is 7. The molecule has 0 aliphatic rings. The topological polar surface area (TPSA) is 9.23 Å². The summed E-state index contributed by atoms with van der Waals surface area (Å²) in [5.41, 5.74) is 0. The van der Waals surface area contributed by atoms with Gasteiger partial charge in [0, 0.05) is 0 Å². The molecule has 0 amide bonds. The summed E-state index contributed by atoms with van der Waals surface area (Å²) in [6.07, 6.45) is 11.1. The molecule has 0 radical (unpaired) electrons. The van der Waals surface area contributed by atoms with Crippen molar-refractivity contribution in [3.8, 4) is 0 Å². The van der Waals surface area contributed by atoms with Crippen LogP contribution >= 0.6 is 0 Å². The van der Waals surface area contributed by atoms with E-state index in [4.69, 9.17) is 3.07 Å². The van der Waals surface area contributed by atoms with Crippen molar-refractivity contribution in [1.29, 1.82) is 0 Å². The Kier molecular flexibility index (Phi) is 10.5. The summed E-state index contributed by atoms with van der Waals surface area (Å²) in [5.74, 6) is 0. The molecule has 0 atom stereocenters. The van der Waals surface area contributed by atoms with Gasteiger partial charge in [-0.05, 0) is 0 Å². The molecule has 0 aliphatic carbocycles. The molecule has 0 saturated heterocycles. The van der Waals surface area contributed by atoms with Crippen LogP contribution < -0.4 is 0 Å². The molecule has 0 fully saturated rings. The maximum atomic E-state index is 5.88. The van der Waals surface area contributed by atoms with Gasteiger partial charge in [0.2, 0.25) is 0 Å². The van der Waals surface area contributed by atoms with Gasteiger partial charge in [0.25, 0.3) is 0 Å². The molecule has 15 heavy (non-hydrogen) atoms. The summed E-state index contributed by atoms with van der Waals surface area (Å²) >= 11 is -1.90. The molecule has 0 bridgehead atoms. The van der Waals surface area contributed by atoms with E-state index >= 15 is 0 Å². The van der Waals surface area contributed by atoms with E-state index in [-0.39, 0.29) is 0 Å². The first-order valence-corrected chi connectivity index (χ1v) is 16.4. The molecule has 92 valence electrons. The minimum atomic E-state index is -1.90. The second-order valence-corrected chi connectivity index (χ2v) is 18.3. The molecular formula is C13H30OSn. The van der Waals surface area contributed by atoms with Crippen LogP contribution in [0.3, 0.4) is 0 Å². The first kappa shape index (κ1) is 15.8. The van der Waals surface area contributed by atoms with Crippen LogP contribution in [-0.2, 0) is 3.07 Å². The first-order valence-electron chi connectivity index (χ1n) is 6.70. The van der Waals surface area contributed by atoms with Crippen molar-refractivity contribution < 1.29 is 3.07 Å². The number of hydrogen-bond acceptors (Lipinski definition) is 1. The van der Waals surface area contributed by atoms with Gasteiger partial charge in [-0.1, -0.05) is 0 Å². The van der Waals surface area contributed by atoms with Crippen LogP contribution in [0, 0.1) is 0 Å². The zero-order valence-corrected chi connectivity index (χ0v) is 14.1. The van der Waals surface area contributed by atoms with Crippen molar-refractivity contribution in [2.75, 3.05) is 6.61 Å². The van der Waals surface area contributed by atoms with Gasteiger partial charge in [-0.15, -0.1) is 0 Å². The second kappa shape index (κ2) is 9.95. The molecule has 0 unspecified atom stereocenters. The molecule has 0 aliphatic heterocycles. The monoisotopic (exact) mass is 322 g/mol. The van der Waals surface area contributed by atoms with Crippen LogP contribution in [0.2, 0.25) is 14.8 Å². The molecule has 1 nitrogen and oxygen atoms in total. The number of hydrogen-bond donors (Lipinski definition) is 0. The minimum absolute atomic E-state index is 1.02. The summed E-state index contributed by atoms with van der Waals surface area (Å²) in [6.45, 7) is 3.30. The first-order chi connectivity index (χ1) is 7.06. The third kappa shape index (κ3) is 14.8. The molecule has 0 N–H and O–H groups in total. The van der Waals surface area contributed by atoms with Crippen LogP contribution in [0.25, 0.3) is 0 Å². The molecule has 2 heteroatoms. The van der Waals surface area contributed by atoms with E-state index < -0.39 is 18.8 Å². The molecule has 0 aromatic rings. The van der Waals surface area contributed by atoms with Crippen LogP contribution in [-0.4, -0.2) is 25.4 Å². The Balaban J connectivity index is 2.99. The standard InChI is InChI=1S/C10H21O.3CH3.Sn/c1-2-3-4-5-6-7-8-9-10-11;;;;/h2-10H2,1H3;3*1H3;/q-1;;;;+1. The van der Waals surface area contributed by atoms with Crippen molar-refractivity contribution in [1.82, 2.24) is 0 Å². The Hall–Kier alpha value is 0.759. The van der Waals surface area contributed by atoms with E-state index in [2.05, 4.69) is 21.7 Å². The normalized spacial score (nSPS) is 12.0. The van der Waals surface area contributed by atoms with E-state index in [1.807, 2.05) is 0 Å². The summed E-state index contributed by atoms with van der Waals surface area (Å²) in [7, 11) is 0. The summed E-state index contributed by atoms with van der Waals surface area (Å²) in [6, 6.07) is 0. The van der Waals surface area contributed by atoms with Crippen molar-refractivity contribution in [2.45, 2.75) is 73.1 Å². The van der Waals surface area contributed by atoms with Gasteiger partial charge in [-0.2, -0.15) is 0 Å². The van der Waals surface area contributed by atoms with Crippen molar-refractivity contribution in [3.05, 3.63) is 0 Å². The van der Waals surface area contributed by atoms with Gasteiger partial charge >= 0.3 is 102 Å². The SMILES string of the molecule is CCCCCCCCCC[O][Sn]([CH3])([CH3])[CH3]. The van der Waals surface area contributed by atoms with Gasteiger partial charge in [0.1, 0.15) is 0 Å². The Morgan fingerprint density at radius 2 is 1.20 bits per heavy atom. The van der Waals surface area contributed by atoms with E-state index in [0.717, 1.165) is 6.61 Å². The van der Waals surface area contributed by atoms with Crippen LogP contribution in [0.5, 0.6) is 0 Å². The van der Waals surface area contributed by atoms with Gasteiger partial charge in [0.15, 0.2) is 0 Å². The predicted molar refractivity (Wildman–Crippen MR) is 71.9 cm³/mol. The molecule has 0 heterocycles. The Morgan fingerprint density at radius 1 is 0.733 bits per heavy atom. The molecule has 0 spiro atoms. The van der Waals surface area contributed by atoms with Gasteiger partial charge in [0.05, 0.1) is 0 Å². The third-order valence-electron chi connectivity index (χ3n) is 2.53. The average Bonchev–Trinajstić information content (AvgIpc) is 2.14. The summed E-state index contributed by atoms with van der Waals surface area (Å²) in [5, 5.41) is 0. The second-order valence-electron chi connectivity index (χ2n) is 5.44. The van der Waals surface area contributed by atoms with Crippen molar-refractivity contribution in [3.63, 3.8) is 0 Å². The van der Waals surface area contributed by atoms with Crippen LogP contribution in [0.4, 0.5) is 0 Å². The average molecular weight is 321 g/mol. The zero-order valence-electron chi connectivity index (χ0n) is 11.3. The van der Waals surface area contributed by atoms with Crippen LogP contribution in [0.15, 0.2) is 0 Å². The van der Waals surface area contributed by atoms with E-state index in [9.17, 15) is 0 Å². The van der Waals surface area contributed by atoms with Crippen molar-refractivity contribution >= 4 is 18.8 Å². The fourth-order valence-electron chi connectivity index (χ4n) is 1.61. The Bertz CT molecular complexity index is 129. The summed E-state index contributed by atoms with van der Waals surface area (Å²) in [4.78, 5) is 7.00. The van der Waals surface area contributed by atoms with Gasteiger partial charge < -0.3 is 0 Å². The molecule has 0 aromatic carbocycles. The molecule has 0 aromatic heterocycles. The van der Waals surface area contributed by atoms with Gasteiger partial charge in [-0.3, -0.25) is 0 Å². The summed E-state index contributed by atoms with van der Waals surface area (Å²) < 4.78 is 5.88. The van der Waals surface area contributed by atoms with E-state index in [0.29, 0.717) is 0 Å². The number of rotatable bonds is 10. The predicted octanol–water partition coefficient (Wildman–Crippen LogP) is 4.98. The van der Waals surface area contributed by atoms with Crippen LogP contribution in [0.1, 0.15) is 58.3 Å². The molecular weight excluding hydrogens is 291 g/mol. The fraction of sp³-hybridized carbons (Fsp3) is 1.00. The Morgan fingerprint density at radius 3 is 1.67 bits per heavy atom. The third-order valence-corrected chi connectivity index (χ3v) is 5.59.